The van der Waals surface area contributed by atoms with E-state index in [0.29, 0.717) is 11.5 Å². The van der Waals surface area contributed by atoms with Crippen LogP contribution in [-0.2, 0) is 9.15 Å². The Bertz CT molecular complexity index is 179. The molecular formula is C4H11NaO3S3. The SMILES string of the molecule is CCS[SH](CC)S(=O)(=O)[O-].[Na+]. The van der Waals surface area contributed by atoms with Gasteiger partial charge in [-0.15, -0.1) is 19.8 Å². The van der Waals surface area contributed by atoms with Crippen molar-refractivity contribution in [1.29, 1.82) is 0 Å². The largest absolute Gasteiger partial charge is 1.00 e. The Morgan fingerprint density at radius 1 is 1.45 bits per heavy atom. The van der Waals surface area contributed by atoms with Gasteiger partial charge in [0.05, 0.1) is 0 Å². The molecule has 0 bridgehead atoms. The van der Waals surface area contributed by atoms with Gasteiger partial charge in [-0.25, -0.2) is 8.42 Å². The smallest absolute Gasteiger partial charge is 0.740 e. The average Bonchev–Trinajstić information content (AvgIpc) is 1.80. The molecule has 0 aromatic rings. The summed E-state index contributed by atoms with van der Waals surface area (Å²) in [6.45, 7) is 3.57. The van der Waals surface area contributed by atoms with E-state index in [4.69, 9.17) is 0 Å². The Labute approximate surface area is 95.9 Å². The van der Waals surface area contributed by atoms with Crippen LogP contribution in [0.3, 0.4) is 0 Å². The number of hydrogen-bond acceptors (Lipinski definition) is 4. The number of thiol groups is 1. The summed E-state index contributed by atoms with van der Waals surface area (Å²) in [5.41, 5.74) is 0. The molecule has 0 saturated heterocycles. The molecule has 0 amide bonds. The van der Waals surface area contributed by atoms with Gasteiger partial charge in [-0.05, 0) is 11.5 Å². The maximum atomic E-state index is 10.4. The third-order valence-corrected chi connectivity index (χ3v) is 9.62. The Morgan fingerprint density at radius 3 is 2.00 bits per heavy atom. The van der Waals surface area contributed by atoms with Crippen molar-refractivity contribution >= 4 is 28.9 Å². The number of rotatable bonds is 4. The molecule has 0 aromatic carbocycles. The molecule has 0 rings (SSSR count). The maximum Gasteiger partial charge on any atom is 1.00 e. The van der Waals surface area contributed by atoms with Gasteiger partial charge in [-0.2, -0.15) is 0 Å². The van der Waals surface area contributed by atoms with E-state index < -0.39 is 18.1 Å². The molecule has 11 heavy (non-hydrogen) atoms. The summed E-state index contributed by atoms with van der Waals surface area (Å²) < 4.78 is 31.2. The van der Waals surface area contributed by atoms with E-state index in [9.17, 15) is 13.0 Å². The minimum atomic E-state index is -4.00. The predicted octanol–water partition coefficient (Wildman–Crippen LogP) is -1.86. The molecule has 0 aliphatic carbocycles. The van der Waals surface area contributed by atoms with Crippen molar-refractivity contribution in [2.75, 3.05) is 11.5 Å². The van der Waals surface area contributed by atoms with Crippen molar-refractivity contribution in [3.05, 3.63) is 0 Å². The molecule has 0 fully saturated rings. The molecule has 0 spiro atoms. The average molecular weight is 226 g/mol. The maximum absolute atomic E-state index is 10.4. The Morgan fingerprint density at radius 2 is 1.91 bits per heavy atom. The van der Waals surface area contributed by atoms with E-state index in [1.165, 1.54) is 10.8 Å². The molecule has 0 aliphatic rings. The van der Waals surface area contributed by atoms with E-state index in [0.717, 1.165) is 0 Å². The summed E-state index contributed by atoms with van der Waals surface area (Å²) in [6.07, 6.45) is 0. The summed E-state index contributed by atoms with van der Waals surface area (Å²) in [5.74, 6) is 1.15. The minimum absolute atomic E-state index is 0. The summed E-state index contributed by atoms with van der Waals surface area (Å²) in [7, 11) is -4.12. The van der Waals surface area contributed by atoms with Crippen LogP contribution in [0.5, 0.6) is 0 Å². The zero-order valence-corrected chi connectivity index (χ0v) is 11.4. The molecule has 0 aliphatic heterocycles. The normalized spacial score (nSPS) is 15.4. The zero-order valence-electron chi connectivity index (χ0n) is 6.90. The van der Waals surface area contributed by atoms with Gasteiger partial charge < -0.3 is 4.55 Å². The van der Waals surface area contributed by atoms with Crippen LogP contribution in [0.25, 0.3) is 0 Å². The van der Waals surface area contributed by atoms with Crippen LogP contribution >= 0.6 is 19.8 Å². The molecule has 0 saturated carbocycles. The Hall–Kier alpha value is 1.61. The van der Waals surface area contributed by atoms with Gasteiger partial charge in [0.25, 0.3) is 0 Å². The molecule has 3 nitrogen and oxygen atoms in total. The third kappa shape index (κ3) is 6.74. The van der Waals surface area contributed by atoms with Crippen LogP contribution in [0.15, 0.2) is 0 Å². The van der Waals surface area contributed by atoms with Gasteiger partial charge in [-0.3, -0.25) is 0 Å². The van der Waals surface area contributed by atoms with Crippen molar-refractivity contribution in [1.82, 2.24) is 0 Å². The van der Waals surface area contributed by atoms with E-state index in [1.807, 2.05) is 6.92 Å². The van der Waals surface area contributed by atoms with Crippen LogP contribution in [-0.4, -0.2) is 24.5 Å². The van der Waals surface area contributed by atoms with Crippen LogP contribution in [0.2, 0.25) is 0 Å². The van der Waals surface area contributed by atoms with Gasteiger partial charge in [-0.1, -0.05) is 13.8 Å². The first-order valence-electron chi connectivity index (χ1n) is 2.88. The minimum Gasteiger partial charge on any atom is -0.740 e. The fourth-order valence-electron chi connectivity index (χ4n) is 0.458. The third-order valence-electron chi connectivity index (χ3n) is 0.781. The second kappa shape index (κ2) is 7.06. The van der Waals surface area contributed by atoms with E-state index in [2.05, 4.69) is 0 Å². The zero-order chi connectivity index (χ0) is 8.20. The fourth-order valence-corrected chi connectivity index (χ4v) is 6.23. The van der Waals surface area contributed by atoms with Crippen molar-refractivity contribution in [2.24, 2.45) is 0 Å². The topological polar surface area (TPSA) is 57.2 Å². The van der Waals surface area contributed by atoms with Gasteiger partial charge >= 0.3 is 29.6 Å². The summed E-state index contributed by atoms with van der Waals surface area (Å²) >= 11 is 0. The quantitative estimate of drug-likeness (QED) is 0.264. The predicted molar refractivity (Wildman–Crippen MR) is 47.4 cm³/mol. The Balaban J connectivity index is 0. The van der Waals surface area contributed by atoms with Crippen molar-refractivity contribution in [2.45, 2.75) is 13.8 Å². The number of hydrogen-bond donors (Lipinski definition) is 1. The first-order chi connectivity index (χ1) is 4.52. The van der Waals surface area contributed by atoms with Crippen LogP contribution in [0.1, 0.15) is 13.8 Å². The molecule has 0 heterocycles. The molecule has 1 atom stereocenters. The van der Waals surface area contributed by atoms with E-state index >= 15 is 0 Å². The van der Waals surface area contributed by atoms with Gasteiger partial charge in [0.15, 0.2) is 0 Å². The van der Waals surface area contributed by atoms with Crippen molar-refractivity contribution in [3.63, 3.8) is 0 Å². The summed E-state index contributed by atoms with van der Waals surface area (Å²) in [4.78, 5) is 0. The standard InChI is InChI=1S/C4H12O3S3.Na/c1-3-8-9(4-2)10(5,6)7;/h9H,3-4H2,1-2H3,(H,5,6,7);/q;+1/p-1. The second-order valence-corrected chi connectivity index (χ2v) is 9.94. The van der Waals surface area contributed by atoms with Crippen LogP contribution < -0.4 is 29.6 Å². The van der Waals surface area contributed by atoms with Crippen LogP contribution in [0.4, 0.5) is 0 Å². The first kappa shape index (κ1) is 15.1. The molecular weight excluding hydrogens is 215 g/mol. The molecule has 0 N–H and O–H groups in total. The van der Waals surface area contributed by atoms with Gasteiger partial charge in [0, 0.05) is 0 Å². The van der Waals surface area contributed by atoms with Gasteiger partial charge in [0.1, 0.15) is 9.15 Å². The molecule has 64 valence electrons. The first-order valence-corrected chi connectivity index (χ1v) is 8.02. The summed E-state index contributed by atoms with van der Waals surface area (Å²) in [5, 5.41) is 0. The van der Waals surface area contributed by atoms with Crippen molar-refractivity contribution < 1.29 is 42.5 Å². The molecule has 1 unspecified atom stereocenters. The monoisotopic (exact) mass is 226 g/mol. The van der Waals surface area contributed by atoms with Gasteiger partial charge in [0.2, 0.25) is 0 Å². The summed E-state index contributed by atoms with van der Waals surface area (Å²) in [6, 6.07) is 0. The molecule has 7 heteroatoms. The van der Waals surface area contributed by atoms with E-state index in [1.54, 1.807) is 6.92 Å². The van der Waals surface area contributed by atoms with Crippen LogP contribution in [0, 0.1) is 0 Å². The van der Waals surface area contributed by atoms with Crippen molar-refractivity contribution in [3.8, 4) is 0 Å². The fraction of sp³-hybridized carbons (Fsp3) is 1.00. The molecule has 0 aromatic heterocycles. The molecule has 0 radical (unpaired) electrons. The van der Waals surface area contributed by atoms with E-state index in [-0.39, 0.29) is 29.6 Å². The Kier molecular flexibility index (Phi) is 9.69. The second-order valence-electron chi connectivity index (χ2n) is 1.49.